The smallest absolute Gasteiger partial charge is 0.165 e. The largest absolute Gasteiger partial charge is 0.494 e. The zero-order chi connectivity index (χ0) is 14.3. The Morgan fingerprint density at radius 3 is 2.63 bits per heavy atom. The summed E-state index contributed by atoms with van der Waals surface area (Å²) in [6.07, 6.45) is 0. The lowest BCUT2D eigenvalue weighted by atomic mass is 10.2. The molecule has 3 nitrogen and oxygen atoms in total. The second kappa shape index (κ2) is 8.12. The zero-order valence-corrected chi connectivity index (χ0v) is 12.4. The van der Waals surface area contributed by atoms with E-state index in [1.807, 2.05) is 6.07 Å². The molecule has 0 fully saturated rings. The quantitative estimate of drug-likeness (QED) is 0.784. The molecule has 1 rings (SSSR count). The Kier molecular flexibility index (Phi) is 6.81. The number of hydrogen-bond donors (Lipinski definition) is 1. The fraction of sp³-hybridized carbons (Fsp3) is 0.600. The third kappa shape index (κ3) is 5.57. The van der Waals surface area contributed by atoms with Crippen molar-refractivity contribution in [3.05, 3.63) is 29.6 Å². The van der Waals surface area contributed by atoms with E-state index >= 15 is 0 Å². The van der Waals surface area contributed by atoms with E-state index < -0.39 is 0 Å². The highest BCUT2D eigenvalue weighted by atomic mass is 19.1. The molecule has 0 aliphatic heterocycles. The number of methoxy groups -OCH3 is 1. The topological polar surface area (TPSA) is 24.5 Å². The number of nitrogens with one attached hydrogen (secondary N) is 1. The minimum Gasteiger partial charge on any atom is -0.494 e. The molecular formula is C15H25FN2O. The van der Waals surface area contributed by atoms with Crippen LogP contribution in [0.2, 0.25) is 0 Å². The van der Waals surface area contributed by atoms with Gasteiger partial charge in [0.1, 0.15) is 0 Å². The summed E-state index contributed by atoms with van der Waals surface area (Å²) in [5.41, 5.74) is 0.977. The molecule has 0 aromatic heterocycles. The first-order valence-electron chi connectivity index (χ1n) is 6.85. The van der Waals surface area contributed by atoms with Crippen molar-refractivity contribution in [1.29, 1.82) is 0 Å². The molecule has 1 N–H and O–H groups in total. The summed E-state index contributed by atoms with van der Waals surface area (Å²) in [5.74, 6) is 0.00429. The van der Waals surface area contributed by atoms with Crippen molar-refractivity contribution in [1.82, 2.24) is 10.2 Å². The van der Waals surface area contributed by atoms with E-state index in [0.29, 0.717) is 11.8 Å². The normalized spacial score (nSPS) is 11.3. The number of ether oxygens (including phenoxy) is 1. The fourth-order valence-corrected chi connectivity index (χ4v) is 1.93. The average Bonchev–Trinajstić information content (AvgIpc) is 2.37. The van der Waals surface area contributed by atoms with Gasteiger partial charge < -0.3 is 10.1 Å². The van der Waals surface area contributed by atoms with Crippen molar-refractivity contribution in [3.8, 4) is 5.75 Å². The Hall–Kier alpha value is -1.13. The van der Waals surface area contributed by atoms with Crippen LogP contribution in [-0.2, 0) is 6.54 Å². The predicted octanol–water partition coefficient (Wildman–Crippen LogP) is 2.65. The van der Waals surface area contributed by atoms with Gasteiger partial charge in [-0.2, -0.15) is 0 Å². The van der Waals surface area contributed by atoms with Crippen molar-refractivity contribution in [3.63, 3.8) is 0 Å². The molecular weight excluding hydrogens is 243 g/mol. The molecule has 0 bridgehead atoms. The minimum absolute atomic E-state index is 0.295. The Labute approximate surface area is 115 Å². The van der Waals surface area contributed by atoms with E-state index in [9.17, 15) is 4.39 Å². The van der Waals surface area contributed by atoms with Gasteiger partial charge in [-0.25, -0.2) is 4.39 Å². The SMILES string of the molecule is CCN(CCNC(C)C)Cc1ccc(OC)c(F)c1. The molecule has 0 atom stereocenters. The van der Waals surface area contributed by atoms with Crippen molar-refractivity contribution >= 4 is 0 Å². The van der Waals surface area contributed by atoms with Crippen LogP contribution < -0.4 is 10.1 Å². The number of hydrogen-bond acceptors (Lipinski definition) is 3. The molecule has 1 aromatic carbocycles. The van der Waals surface area contributed by atoms with Crippen LogP contribution >= 0.6 is 0 Å². The molecule has 108 valence electrons. The standard InChI is InChI=1S/C15H25FN2O/c1-5-18(9-8-17-12(2)3)11-13-6-7-15(19-4)14(16)10-13/h6-7,10,12,17H,5,8-9,11H2,1-4H3. The molecule has 0 saturated carbocycles. The van der Waals surface area contributed by atoms with E-state index in [-0.39, 0.29) is 5.82 Å². The maximum atomic E-state index is 13.6. The minimum atomic E-state index is -0.295. The van der Waals surface area contributed by atoms with E-state index in [1.165, 1.54) is 7.11 Å². The number of benzene rings is 1. The summed E-state index contributed by atoms with van der Waals surface area (Å²) in [7, 11) is 1.48. The first-order valence-corrected chi connectivity index (χ1v) is 6.85. The molecule has 0 spiro atoms. The molecule has 4 heteroatoms. The lowest BCUT2D eigenvalue weighted by Gasteiger charge is -2.21. The molecule has 1 aromatic rings. The first-order chi connectivity index (χ1) is 9.06. The van der Waals surface area contributed by atoms with Gasteiger partial charge in [0, 0.05) is 25.7 Å². The van der Waals surface area contributed by atoms with Crippen molar-refractivity contribution in [2.24, 2.45) is 0 Å². The predicted molar refractivity (Wildman–Crippen MR) is 77.0 cm³/mol. The highest BCUT2D eigenvalue weighted by Crippen LogP contribution is 2.18. The van der Waals surface area contributed by atoms with Gasteiger partial charge in [0.05, 0.1) is 7.11 Å². The summed E-state index contributed by atoms with van der Waals surface area (Å²) in [6, 6.07) is 5.65. The molecule has 0 radical (unpaired) electrons. The first kappa shape index (κ1) is 15.9. The lowest BCUT2D eigenvalue weighted by Crippen LogP contribution is -2.34. The van der Waals surface area contributed by atoms with Crippen LogP contribution in [0.3, 0.4) is 0 Å². The molecule has 0 heterocycles. The van der Waals surface area contributed by atoms with Crippen LogP contribution in [0.25, 0.3) is 0 Å². The van der Waals surface area contributed by atoms with Crippen LogP contribution in [0.15, 0.2) is 18.2 Å². The average molecular weight is 268 g/mol. The van der Waals surface area contributed by atoms with Gasteiger partial charge in [0.2, 0.25) is 0 Å². The fourth-order valence-electron chi connectivity index (χ4n) is 1.93. The number of rotatable bonds is 8. The maximum absolute atomic E-state index is 13.6. The summed E-state index contributed by atoms with van der Waals surface area (Å²) < 4.78 is 18.5. The van der Waals surface area contributed by atoms with E-state index in [0.717, 1.165) is 31.7 Å². The summed E-state index contributed by atoms with van der Waals surface area (Å²) in [5, 5.41) is 3.39. The van der Waals surface area contributed by atoms with Gasteiger partial charge in [0.25, 0.3) is 0 Å². The molecule has 19 heavy (non-hydrogen) atoms. The van der Waals surface area contributed by atoms with Crippen LogP contribution in [0.1, 0.15) is 26.3 Å². The van der Waals surface area contributed by atoms with Gasteiger partial charge in [-0.15, -0.1) is 0 Å². The highest BCUT2D eigenvalue weighted by molar-refractivity contribution is 5.29. The van der Waals surface area contributed by atoms with E-state index in [2.05, 4.69) is 31.0 Å². The van der Waals surface area contributed by atoms with E-state index in [1.54, 1.807) is 12.1 Å². The van der Waals surface area contributed by atoms with E-state index in [4.69, 9.17) is 4.74 Å². The van der Waals surface area contributed by atoms with Gasteiger partial charge in [0.15, 0.2) is 11.6 Å². The summed E-state index contributed by atoms with van der Waals surface area (Å²) in [4.78, 5) is 2.29. The third-order valence-corrected chi connectivity index (χ3v) is 3.05. The molecule has 0 saturated heterocycles. The molecule has 0 amide bonds. The van der Waals surface area contributed by atoms with Crippen molar-refractivity contribution < 1.29 is 9.13 Å². The van der Waals surface area contributed by atoms with Crippen LogP contribution in [0, 0.1) is 5.82 Å². The Balaban J connectivity index is 2.53. The van der Waals surface area contributed by atoms with Crippen molar-refractivity contribution in [2.75, 3.05) is 26.7 Å². The summed E-state index contributed by atoms with van der Waals surface area (Å²) in [6.45, 7) is 10.0. The van der Waals surface area contributed by atoms with Gasteiger partial charge in [-0.1, -0.05) is 26.8 Å². The number of halogens is 1. The Morgan fingerprint density at radius 2 is 2.11 bits per heavy atom. The van der Waals surface area contributed by atoms with Crippen LogP contribution in [0.5, 0.6) is 5.75 Å². The van der Waals surface area contributed by atoms with Crippen LogP contribution in [-0.4, -0.2) is 37.7 Å². The Bertz CT molecular complexity index is 382. The number of nitrogens with zero attached hydrogens (tertiary/aromatic N) is 1. The number of likely N-dealkylation sites (N-methyl/N-ethyl adjacent to an activating group) is 1. The molecule has 0 aliphatic rings. The second-order valence-electron chi connectivity index (χ2n) is 4.95. The van der Waals surface area contributed by atoms with Gasteiger partial charge in [-0.3, -0.25) is 4.90 Å². The molecule has 0 unspecified atom stereocenters. The van der Waals surface area contributed by atoms with Crippen molar-refractivity contribution in [2.45, 2.75) is 33.4 Å². The Morgan fingerprint density at radius 1 is 1.37 bits per heavy atom. The van der Waals surface area contributed by atoms with Gasteiger partial charge >= 0.3 is 0 Å². The van der Waals surface area contributed by atoms with Gasteiger partial charge in [-0.05, 0) is 24.2 Å². The third-order valence-electron chi connectivity index (χ3n) is 3.05. The molecule has 0 aliphatic carbocycles. The second-order valence-corrected chi connectivity index (χ2v) is 4.95. The highest BCUT2D eigenvalue weighted by Gasteiger charge is 2.07. The maximum Gasteiger partial charge on any atom is 0.165 e. The lowest BCUT2D eigenvalue weighted by molar-refractivity contribution is 0.275. The van der Waals surface area contributed by atoms with Crippen LogP contribution in [0.4, 0.5) is 4.39 Å². The zero-order valence-electron chi connectivity index (χ0n) is 12.4. The summed E-state index contributed by atoms with van der Waals surface area (Å²) >= 11 is 0. The monoisotopic (exact) mass is 268 g/mol.